The van der Waals surface area contributed by atoms with Crippen LogP contribution in [0.25, 0.3) is 0 Å². The second-order valence-electron chi connectivity index (χ2n) is 24.8. The number of rotatable bonds is 24. The van der Waals surface area contributed by atoms with Crippen LogP contribution in [0.5, 0.6) is 46.0 Å². The van der Waals surface area contributed by atoms with E-state index in [1.54, 1.807) is 0 Å². The minimum atomic E-state index is -0.143. The number of aromatic nitrogens is 4. The summed E-state index contributed by atoms with van der Waals surface area (Å²) in [4.78, 5) is 0. The van der Waals surface area contributed by atoms with Gasteiger partial charge >= 0.3 is 0 Å². The van der Waals surface area contributed by atoms with E-state index in [2.05, 4.69) is 193 Å². The monoisotopic (exact) mass is 1180 g/mol. The normalized spacial score (nSPS) is 17.4. The van der Waals surface area contributed by atoms with Crippen LogP contribution in [-0.4, -0.2) is 27.2 Å². The van der Waals surface area contributed by atoms with Crippen molar-refractivity contribution in [2.75, 3.05) is 27.2 Å². The molecule has 0 spiro atoms. The fourth-order valence-corrected chi connectivity index (χ4v) is 14.8. The van der Waals surface area contributed by atoms with Crippen molar-refractivity contribution in [3.05, 3.63) is 213 Å². The molecule has 0 fully saturated rings. The molecule has 0 amide bonds. The first kappa shape index (κ1) is 58.9. The van der Waals surface area contributed by atoms with Gasteiger partial charge in [-0.3, -0.25) is 0 Å². The zero-order chi connectivity index (χ0) is 59.8. The Morgan fingerprint density at radius 2 is 0.443 bits per heavy atom. The van der Waals surface area contributed by atoms with Gasteiger partial charge in [-0.2, -0.15) is 0 Å². The Kier molecular flexibility index (Phi) is 18.4. The van der Waals surface area contributed by atoms with Crippen molar-refractivity contribution in [1.29, 1.82) is 0 Å². The maximum atomic E-state index is 7.31. The van der Waals surface area contributed by atoms with Gasteiger partial charge in [-0.15, -0.1) is 0 Å². The Morgan fingerprint density at radius 3 is 0.614 bits per heavy atom. The van der Waals surface area contributed by atoms with Gasteiger partial charge in [0, 0.05) is 117 Å². The molecule has 4 aromatic heterocycles. The summed E-state index contributed by atoms with van der Waals surface area (Å²) in [6.45, 7) is 11.2. The topological polar surface area (TPSA) is 89.4 Å². The number of pyridine rings is 4. The molecule has 0 radical (unpaired) electrons. The summed E-state index contributed by atoms with van der Waals surface area (Å²) in [5, 5.41) is 0. The average Bonchev–Trinajstić information content (AvgIpc) is 0.768. The molecule has 8 bridgehead atoms. The number of unbranched alkanes of at least 4 members (excludes halogenated alkanes) is 8. The van der Waals surface area contributed by atoms with Gasteiger partial charge in [0.05, 0.1) is 0 Å². The smallest absolute Gasteiger partial charge is 0.230 e. The summed E-state index contributed by atoms with van der Waals surface area (Å²) in [5.41, 5.74) is 13.3. The van der Waals surface area contributed by atoms with Crippen molar-refractivity contribution in [2.45, 2.75) is 180 Å². The van der Waals surface area contributed by atoms with Gasteiger partial charge in [-0.25, -0.2) is 18.3 Å². The van der Waals surface area contributed by atoms with E-state index < -0.39 is 0 Å². The van der Waals surface area contributed by atoms with E-state index in [4.69, 9.17) is 37.9 Å². The van der Waals surface area contributed by atoms with Crippen molar-refractivity contribution in [1.82, 2.24) is 0 Å². The molecule has 0 N–H and O–H groups in total. The quantitative estimate of drug-likeness (QED) is 0.0437. The molecule has 13 rings (SSSR count). The highest BCUT2D eigenvalue weighted by atomic mass is 16.7. The second kappa shape index (κ2) is 27.5. The van der Waals surface area contributed by atoms with Crippen LogP contribution in [0.4, 0.5) is 0 Å². The Bertz CT molecular complexity index is 3090. The minimum Gasteiger partial charge on any atom is -0.456 e. The zero-order valence-corrected chi connectivity index (χ0v) is 52.2. The van der Waals surface area contributed by atoms with Crippen molar-refractivity contribution in [3.8, 4) is 46.0 Å². The summed E-state index contributed by atoms with van der Waals surface area (Å²) < 4.78 is 67.5. The highest BCUT2D eigenvalue weighted by molar-refractivity contribution is 5.69. The molecule has 0 saturated carbocycles. The van der Waals surface area contributed by atoms with Crippen molar-refractivity contribution in [3.63, 3.8) is 0 Å². The first-order valence-corrected chi connectivity index (χ1v) is 33.1. The molecule has 0 saturated heterocycles. The van der Waals surface area contributed by atoms with Crippen molar-refractivity contribution >= 4 is 0 Å². The van der Waals surface area contributed by atoms with Crippen LogP contribution >= 0.6 is 0 Å². The van der Waals surface area contributed by atoms with Crippen LogP contribution in [0, 0.1) is 0 Å². The predicted octanol–water partition coefficient (Wildman–Crippen LogP) is 15.1. The third-order valence-corrected chi connectivity index (χ3v) is 19.0. The fourth-order valence-electron chi connectivity index (χ4n) is 14.8. The minimum absolute atomic E-state index is 0.0184. The van der Waals surface area contributed by atoms with Crippen molar-refractivity contribution < 1.29 is 56.2 Å². The third kappa shape index (κ3) is 12.0. The molecule has 12 heteroatoms. The maximum Gasteiger partial charge on any atom is 0.230 e. The molecule has 88 heavy (non-hydrogen) atoms. The number of hydrogen-bond donors (Lipinski definition) is 0. The molecule has 4 aromatic carbocycles. The van der Waals surface area contributed by atoms with Crippen LogP contribution in [0.3, 0.4) is 0 Å². The molecule has 12 nitrogen and oxygen atoms in total. The average molecular weight is 1190 g/mol. The van der Waals surface area contributed by atoms with Gasteiger partial charge in [-0.05, 0) is 49.9 Å². The molecule has 5 aliphatic rings. The van der Waals surface area contributed by atoms with Gasteiger partial charge in [0.15, 0.2) is 75.8 Å². The van der Waals surface area contributed by atoms with E-state index in [0.29, 0.717) is 26.2 Å². The number of hydrogen-bond acceptors (Lipinski definition) is 8. The summed E-state index contributed by atoms with van der Waals surface area (Å²) >= 11 is 0. The van der Waals surface area contributed by atoms with E-state index in [0.717, 1.165) is 171 Å². The highest BCUT2D eigenvalue weighted by Gasteiger charge is 2.43. The lowest BCUT2D eigenvalue weighted by atomic mass is 9.74. The summed E-state index contributed by atoms with van der Waals surface area (Å²) in [5.74, 6) is 5.99. The van der Waals surface area contributed by atoms with Crippen LogP contribution in [-0.2, 0) is 26.2 Å². The molecule has 8 heterocycles. The lowest BCUT2D eigenvalue weighted by molar-refractivity contribution is -0.688. The lowest BCUT2D eigenvalue weighted by Gasteiger charge is -2.37. The molecule has 0 atom stereocenters. The Labute approximate surface area is 520 Å². The van der Waals surface area contributed by atoms with Crippen LogP contribution in [0.1, 0.15) is 221 Å². The van der Waals surface area contributed by atoms with Gasteiger partial charge in [0.25, 0.3) is 0 Å². The Morgan fingerprint density at radius 1 is 0.261 bits per heavy atom. The van der Waals surface area contributed by atoms with E-state index in [9.17, 15) is 0 Å². The van der Waals surface area contributed by atoms with Gasteiger partial charge in [0.1, 0.15) is 68.2 Å². The lowest BCUT2D eigenvalue weighted by Crippen LogP contribution is -2.36. The van der Waals surface area contributed by atoms with Crippen LogP contribution in [0.2, 0.25) is 0 Å². The van der Waals surface area contributed by atoms with Crippen molar-refractivity contribution in [2.24, 2.45) is 0 Å². The van der Waals surface area contributed by atoms with E-state index >= 15 is 0 Å². The van der Waals surface area contributed by atoms with Crippen LogP contribution < -0.4 is 56.2 Å². The van der Waals surface area contributed by atoms with Gasteiger partial charge in [0.2, 0.25) is 27.2 Å². The summed E-state index contributed by atoms with van der Waals surface area (Å²) in [6.07, 6.45) is 33.4. The predicted molar refractivity (Wildman–Crippen MR) is 337 cm³/mol. The first-order chi connectivity index (χ1) is 43.5. The van der Waals surface area contributed by atoms with E-state index in [-0.39, 0.29) is 50.8 Å². The van der Waals surface area contributed by atoms with Gasteiger partial charge in [-0.1, -0.05) is 129 Å². The van der Waals surface area contributed by atoms with E-state index in [1.165, 1.54) is 44.5 Å². The standard InChI is InChI=1S/C76H88N4O8/c1-5-9-17-29-53-57-41-59-54(30-18-10-6-2)61-43-63-56(32-20-12-8-4)64-44-62-55(31-19-11-7-3)60-42-58(53)70-66(46-78-35-23-14-24-36-78)72(60)84-51-86-74(62)68(48-80-39-27-16-28-40-80)76(64)88-52-87-75(63)67(47-79-37-25-15-26-38-79)73(61)85-50-83-71(59)65(69(57)81-49-82-70)45-77-33-21-13-22-34-77/h13-16,21-28,33-44,53-56H,5-12,17-20,29-32,45-52H2,1-4H3/q+4. The summed E-state index contributed by atoms with van der Waals surface area (Å²) in [6, 6.07) is 35.2. The highest BCUT2D eigenvalue weighted by Crippen LogP contribution is 2.58. The zero-order valence-electron chi connectivity index (χ0n) is 52.2. The molecular weight excluding hydrogens is 1100 g/mol. The molecule has 8 aromatic rings. The second-order valence-corrected chi connectivity index (χ2v) is 24.8. The van der Waals surface area contributed by atoms with E-state index in [1.807, 2.05) is 0 Å². The Balaban J connectivity index is 1.21. The Hall–Kier alpha value is -8.12. The number of ether oxygens (including phenoxy) is 8. The largest absolute Gasteiger partial charge is 0.456 e. The number of nitrogens with zero attached hydrogens (tertiary/aromatic N) is 4. The molecule has 456 valence electrons. The number of benzene rings is 4. The maximum absolute atomic E-state index is 7.31. The fraction of sp³-hybridized carbons (Fsp3) is 0.421. The van der Waals surface area contributed by atoms with Crippen LogP contribution in [0.15, 0.2) is 147 Å². The van der Waals surface area contributed by atoms with Gasteiger partial charge < -0.3 is 37.9 Å². The molecular formula is C76H88N4O8+4. The first-order valence-electron chi connectivity index (χ1n) is 33.1. The molecule has 0 unspecified atom stereocenters. The summed E-state index contributed by atoms with van der Waals surface area (Å²) in [7, 11) is 0. The third-order valence-electron chi connectivity index (χ3n) is 19.0. The molecule has 4 aliphatic heterocycles. The SMILES string of the molecule is CCCCCC1c2cc3c4c(C[n+]5ccccc5)c2OCOc2c1cc1c(c2C[n+]2ccccc2)OCOc2c(cc5c(c2C[n+]2ccccc2)OCOc2c(cc(c(c2C[n+]2ccccc2)OCO4)C3CCCCC)C5CCCCC)C1CCCCC. The molecule has 1 aliphatic carbocycles.